The lowest BCUT2D eigenvalue weighted by molar-refractivity contribution is 0.214. The van der Waals surface area contributed by atoms with Crippen LogP contribution in [0.25, 0.3) is 0 Å². The van der Waals surface area contributed by atoms with E-state index >= 15 is 0 Å². The molecule has 90 valence electrons. The van der Waals surface area contributed by atoms with Crippen molar-refractivity contribution in [2.75, 3.05) is 12.8 Å². The van der Waals surface area contributed by atoms with E-state index < -0.39 is 0 Å². The number of nitrogen functional groups attached to an aromatic ring is 1. The first kappa shape index (κ1) is 11.7. The Labute approximate surface area is 103 Å². The van der Waals surface area contributed by atoms with Gasteiger partial charge in [0.25, 0.3) is 0 Å². The van der Waals surface area contributed by atoms with Gasteiger partial charge in [-0.05, 0) is 19.1 Å². The summed E-state index contributed by atoms with van der Waals surface area (Å²) < 4.78 is 11.0. The average Bonchev–Trinajstić information content (AvgIpc) is 2.77. The van der Waals surface area contributed by atoms with E-state index in [2.05, 4.69) is 10.2 Å². The normalized spacial score (nSPS) is 12.1. The fourth-order valence-electron chi connectivity index (χ4n) is 1.37. The SMILES string of the molecule is COc1ccccc1OC(C)c1nnc(N)s1. The first-order valence-electron chi connectivity index (χ1n) is 5.09. The third kappa shape index (κ3) is 2.65. The molecule has 2 N–H and O–H groups in total. The van der Waals surface area contributed by atoms with Crippen LogP contribution >= 0.6 is 11.3 Å². The summed E-state index contributed by atoms with van der Waals surface area (Å²) in [6, 6.07) is 7.47. The number of benzene rings is 1. The molecule has 6 heteroatoms. The van der Waals surface area contributed by atoms with Crippen LogP contribution in [-0.2, 0) is 0 Å². The molecular weight excluding hydrogens is 238 g/mol. The van der Waals surface area contributed by atoms with Crippen molar-refractivity contribution in [3.8, 4) is 11.5 Å². The molecule has 1 heterocycles. The zero-order valence-corrected chi connectivity index (χ0v) is 10.4. The number of nitrogens with two attached hydrogens (primary N) is 1. The number of nitrogens with zero attached hydrogens (tertiary/aromatic N) is 2. The molecule has 0 aliphatic rings. The molecule has 0 saturated heterocycles. The lowest BCUT2D eigenvalue weighted by Gasteiger charge is -2.14. The van der Waals surface area contributed by atoms with Gasteiger partial charge in [-0.15, -0.1) is 10.2 Å². The van der Waals surface area contributed by atoms with Crippen molar-refractivity contribution in [2.45, 2.75) is 13.0 Å². The summed E-state index contributed by atoms with van der Waals surface area (Å²) in [5, 5.41) is 8.89. The van der Waals surface area contributed by atoms with Crippen molar-refractivity contribution >= 4 is 16.5 Å². The Hall–Kier alpha value is -1.82. The number of hydrogen-bond acceptors (Lipinski definition) is 6. The summed E-state index contributed by atoms with van der Waals surface area (Å²) >= 11 is 1.32. The quantitative estimate of drug-likeness (QED) is 0.902. The van der Waals surface area contributed by atoms with E-state index in [-0.39, 0.29) is 6.10 Å². The zero-order chi connectivity index (χ0) is 12.3. The molecule has 2 aromatic rings. The van der Waals surface area contributed by atoms with Crippen LogP contribution in [0.5, 0.6) is 11.5 Å². The minimum atomic E-state index is -0.207. The van der Waals surface area contributed by atoms with Gasteiger partial charge < -0.3 is 15.2 Å². The van der Waals surface area contributed by atoms with Crippen LogP contribution in [0.15, 0.2) is 24.3 Å². The standard InChI is InChI=1S/C11H13N3O2S/c1-7(10-13-14-11(12)17-10)16-9-6-4-3-5-8(9)15-2/h3-7H,1-2H3,(H2,12,14). The van der Waals surface area contributed by atoms with Gasteiger partial charge in [0.05, 0.1) is 7.11 Å². The summed E-state index contributed by atoms with van der Waals surface area (Å²) in [6.45, 7) is 1.90. The fraction of sp³-hybridized carbons (Fsp3) is 0.273. The molecule has 0 radical (unpaired) electrons. The zero-order valence-electron chi connectivity index (χ0n) is 9.58. The number of methoxy groups -OCH3 is 1. The highest BCUT2D eigenvalue weighted by Crippen LogP contribution is 2.31. The Morgan fingerprint density at radius 1 is 1.24 bits per heavy atom. The molecule has 2 rings (SSSR count). The third-order valence-electron chi connectivity index (χ3n) is 2.18. The maximum absolute atomic E-state index is 5.76. The molecule has 0 saturated carbocycles. The smallest absolute Gasteiger partial charge is 0.203 e. The van der Waals surface area contributed by atoms with Crippen LogP contribution in [0.4, 0.5) is 5.13 Å². The molecule has 5 nitrogen and oxygen atoms in total. The monoisotopic (exact) mass is 251 g/mol. The number of aromatic nitrogens is 2. The van der Waals surface area contributed by atoms with Gasteiger partial charge in [0.2, 0.25) is 5.13 Å². The molecule has 0 bridgehead atoms. The molecular formula is C11H13N3O2S. The number of ether oxygens (including phenoxy) is 2. The highest BCUT2D eigenvalue weighted by atomic mass is 32.1. The molecule has 1 atom stereocenters. The highest BCUT2D eigenvalue weighted by molar-refractivity contribution is 7.15. The summed E-state index contributed by atoms with van der Waals surface area (Å²) in [4.78, 5) is 0. The first-order valence-corrected chi connectivity index (χ1v) is 5.91. The second-order valence-corrected chi connectivity index (χ2v) is 4.43. The molecule has 0 aliphatic carbocycles. The topological polar surface area (TPSA) is 70.3 Å². The minimum Gasteiger partial charge on any atom is -0.493 e. The van der Waals surface area contributed by atoms with Crippen molar-refractivity contribution in [3.05, 3.63) is 29.3 Å². The van der Waals surface area contributed by atoms with Gasteiger partial charge >= 0.3 is 0 Å². The molecule has 1 unspecified atom stereocenters. The lowest BCUT2D eigenvalue weighted by atomic mass is 10.3. The van der Waals surface area contributed by atoms with E-state index in [0.29, 0.717) is 16.6 Å². The van der Waals surface area contributed by atoms with Crippen molar-refractivity contribution in [3.63, 3.8) is 0 Å². The maximum Gasteiger partial charge on any atom is 0.203 e. The number of rotatable bonds is 4. The van der Waals surface area contributed by atoms with Crippen LogP contribution < -0.4 is 15.2 Å². The van der Waals surface area contributed by atoms with Gasteiger partial charge in [-0.25, -0.2) is 0 Å². The van der Waals surface area contributed by atoms with Gasteiger partial charge in [-0.2, -0.15) is 0 Å². The maximum atomic E-state index is 5.76. The average molecular weight is 251 g/mol. The van der Waals surface area contributed by atoms with Crippen LogP contribution in [0, 0.1) is 0 Å². The Balaban J connectivity index is 2.15. The van der Waals surface area contributed by atoms with E-state index in [9.17, 15) is 0 Å². The second kappa shape index (κ2) is 5.01. The molecule has 0 aliphatic heterocycles. The van der Waals surface area contributed by atoms with Crippen LogP contribution in [0.3, 0.4) is 0 Å². The summed E-state index contributed by atoms with van der Waals surface area (Å²) in [5.41, 5.74) is 5.53. The Bertz CT molecular complexity index is 501. The van der Waals surface area contributed by atoms with Gasteiger partial charge in [0.1, 0.15) is 6.10 Å². The predicted octanol–water partition coefficient (Wildman–Crippen LogP) is 2.27. The van der Waals surface area contributed by atoms with Gasteiger partial charge in [0.15, 0.2) is 16.5 Å². The van der Waals surface area contributed by atoms with Gasteiger partial charge in [-0.1, -0.05) is 23.5 Å². The largest absolute Gasteiger partial charge is 0.493 e. The van der Waals surface area contributed by atoms with Crippen LogP contribution in [0.2, 0.25) is 0 Å². The van der Waals surface area contributed by atoms with Crippen molar-refractivity contribution < 1.29 is 9.47 Å². The number of para-hydroxylation sites is 2. The van der Waals surface area contributed by atoms with Crippen LogP contribution in [0.1, 0.15) is 18.0 Å². The summed E-state index contributed by atoms with van der Waals surface area (Å²) in [7, 11) is 1.61. The molecule has 0 fully saturated rings. The fourth-order valence-corrected chi connectivity index (χ4v) is 1.96. The second-order valence-electron chi connectivity index (χ2n) is 3.39. The molecule has 0 amide bonds. The highest BCUT2D eigenvalue weighted by Gasteiger charge is 2.14. The summed E-state index contributed by atoms with van der Waals surface area (Å²) in [5.74, 6) is 1.37. The van der Waals surface area contributed by atoms with E-state index in [4.69, 9.17) is 15.2 Å². The number of anilines is 1. The van der Waals surface area contributed by atoms with Crippen molar-refractivity contribution in [2.24, 2.45) is 0 Å². The molecule has 1 aromatic heterocycles. The Morgan fingerprint density at radius 3 is 2.53 bits per heavy atom. The molecule has 17 heavy (non-hydrogen) atoms. The summed E-state index contributed by atoms with van der Waals surface area (Å²) in [6.07, 6.45) is -0.207. The Kier molecular flexibility index (Phi) is 3.43. The lowest BCUT2D eigenvalue weighted by Crippen LogP contribution is -2.03. The minimum absolute atomic E-state index is 0.207. The predicted molar refractivity (Wildman–Crippen MR) is 66.4 cm³/mol. The number of hydrogen-bond donors (Lipinski definition) is 1. The molecule has 0 spiro atoms. The van der Waals surface area contributed by atoms with E-state index in [0.717, 1.165) is 5.01 Å². The van der Waals surface area contributed by atoms with Gasteiger partial charge in [-0.3, -0.25) is 0 Å². The third-order valence-corrected chi connectivity index (χ3v) is 3.09. The van der Waals surface area contributed by atoms with Gasteiger partial charge in [0, 0.05) is 0 Å². The van der Waals surface area contributed by atoms with E-state index in [1.54, 1.807) is 7.11 Å². The molecule has 1 aromatic carbocycles. The van der Waals surface area contributed by atoms with Crippen molar-refractivity contribution in [1.82, 2.24) is 10.2 Å². The van der Waals surface area contributed by atoms with Crippen LogP contribution in [-0.4, -0.2) is 17.3 Å². The Morgan fingerprint density at radius 2 is 1.94 bits per heavy atom. The van der Waals surface area contributed by atoms with E-state index in [1.165, 1.54) is 11.3 Å². The first-order chi connectivity index (χ1) is 8.20. The van der Waals surface area contributed by atoms with E-state index in [1.807, 2.05) is 31.2 Å². The van der Waals surface area contributed by atoms with Crippen molar-refractivity contribution in [1.29, 1.82) is 0 Å².